The molecule has 0 radical (unpaired) electrons. The fraction of sp³-hybridized carbons (Fsp3) is 0. The van der Waals surface area contributed by atoms with Crippen LogP contribution in [0.25, 0.3) is 23.1 Å². The van der Waals surface area contributed by atoms with Gasteiger partial charge in [0.05, 0.1) is 24.3 Å². The summed E-state index contributed by atoms with van der Waals surface area (Å²) in [5.41, 5.74) is 3.69. The number of hydrogen-bond donors (Lipinski definition) is 1. The highest BCUT2D eigenvalue weighted by atomic mass is 15.0. The predicted molar refractivity (Wildman–Crippen MR) is 95.3 cm³/mol. The standard InChI is InChI=1S/C19H15N5/c1-2-6-15(7-3-1)9-10-21-18-14-20-12-16(23-18)17-13-22-19-8-4-5-11-24(17)19/h1-14H,(H,21,23). The first-order valence-electron chi connectivity index (χ1n) is 7.63. The molecule has 0 saturated carbocycles. The predicted octanol–water partition coefficient (Wildman–Crippen LogP) is 3.87. The van der Waals surface area contributed by atoms with Crippen LogP contribution in [0.15, 0.2) is 79.5 Å². The van der Waals surface area contributed by atoms with Gasteiger partial charge in [-0.1, -0.05) is 36.4 Å². The summed E-state index contributed by atoms with van der Waals surface area (Å²) in [6.07, 6.45) is 11.1. The van der Waals surface area contributed by atoms with E-state index in [9.17, 15) is 0 Å². The maximum absolute atomic E-state index is 4.61. The highest BCUT2D eigenvalue weighted by Crippen LogP contribution is 2.19. The van der Waals surface area contributed by atoms with E-state index in [0.29, 0.717) is 5.82 Å². The lowest BCUT2D eigenvalue weighted by atomic mass is 10.2. The second-order valence-electron chi connectivity index (χ2n) is 5.25. The highest BCUT2D eigenvalue weighted by molar-refractivity contribution is 5.61. The quantitative estimate of drug-likeness (QED) is 0.621. The number of rotatable bonds is 4. The van der Waals surface area contributed by atoms with E-state index >= 15 is 0 Å². The molecule has 0 aliphatic rings. The maximum Gasteiger partial charge on any atom is 0.149 e. The van der Waals surface area contributed by atoms with E-state index in [-0.39, 0.29) is 0 Å². The molecule has 1 N–H and O–H groups in total. The lowest BCUT2D eigenvalue weighted by Gasteiger charge is -2.04. The van der Waals surface area contributed by atoms with Crippen LogP contribution in [0.5, 0.6) is 0 Å². The number of fused-ring (bicyclic) bond motifs is 1. The maximum atomic E-state index is 4.61. The molecule has 0 spiro atoms. The Labute approximate surface area is 139 Å². The minimum absolute atomic E-state index is 0.686. The minimum Gasteiger partial charge on any atom is -0.345 e. The van der Waals surface area contributed by atoms with E-state index < -0.39 is 0 Å². The molecule has 5 heteroatoms. The molecule has 3 aromatic heterocycles. The normalized spacial score (nSPS) is 11.2. The van der Waals surface area contributed by atoms with E-state index in [0.717, 1.165) is 22.6 Å². The van der Waals surface area contributed by atoms with E-state index in [1.807, 2.05) is 77.6 Å². The Morgan fingerprint density at radius 1 is 0.917 bits per heavy atom. The number of aromatic nitrogens is 4. The molecule has 4 aromatic rings. The summed E-state index contributed by atoms with van der Waals surface area (Å²) >= 11 is 0. The minimum atomic E-state index is 0.686. The van der Waals surface area contributed by atoms with Gasteiger partial charge in [0.25, 0.3) is 0 Å². The fourth-order valence-corrected chi connectivity index (χ4v) is 2.47. The van der Waals surface area contributed by atoms with Gasteiger partial charge in [-0.25, -0.2) is 9.97 Å². The molecule has 116 valence electrons. The first kappa shape index (κ1) is 14.1. The Hall–Kier alpha value is -3.47. The van der Waals surface area contributed by atoms with Crippen LogP contribution < -0.4 is 5.32 Å². The zero-order valence-electron chi connectivity index (χ0n) is 12.9. The van der Waals surface area contributed by atoms with Crippen LogP contribution in [0.3, 0.4) is 0 Å². The monoisotopic (exact) mass is 313 g/mol. The molecule has 3 heterocycles. The SMILES string of the molecule is C(=Cc1ccccc1)Nc1cncc(-c2cnc3ccccn23)n1. The summed E-state index contributed by atoms with van der Waals surface area (Å²) in [7, 11) is 0. The summed E-state index contributed by atoms with van der Waals surface area (Å²) in [6.45, 7) is 0. The van der Waals surface area contributed by atoms with Crippen LogP contribution in [0, 0.1) is 0 Å². The van der Waals surface area contributed by atoms with Gasteiger partial charge in [0.1, 0.15) is 17.2 Å². The van der Waals surface area contributed by atoms with Gasteiger partial charge < -0.3 is 5.32 Å². The van der Waals surface area contributed by atoms with Gasteiger partial charge in [-0.3, -0.25) is 9.38 Å². The summed E-state index contributed by atoms with van der Waals surface area (Å²) in [5.74, 6) is 0.686. The number of imidazole rings is 1. The van der Waals surface area contributed by atoms with Crippen molar-refractivity contribution in [1.29, 1.82) is 0 Å². The van der Waals surface area contributed by atoms with Crippen molar-refractivity contribution in [2.24, 2.45) is 0 Å². The Kier molecular flexibility index (Phi) is 3.73. The van der Waals surface area contributed by atoms with Crippen molar-refractivity contribution >= 4 is 17.5 Å². The molecule has 0 aliphatic carbocycles. The molecule has 24 heavy (non-hydrogen) atoms. The molecule has 0 atom stereocenters. The van der Waals surface area contributed by atoms with Crippen LogP contribution in [0.4, 0.5) is 5.82 Å². The third-order valence-corrected chi connectivity index (χ3v) is 3.62. The summed E-state index contributed by atoms with van der Waals surface area (Å²) in [5, 5.41) is 3.16. The fourth-order valence-electron chi connectivity index (χ4n) is 2.47. The largest absolute Gasteiger partial charge is 0.345 e. The zero-order chi connectivity index (χ0) is 16.2. The Bertz CT molecular complexity index is 989. The lowest BCUT2D eigenvalue weighted by molar-refractivity contribution is 1.14. The zero-order valence-corrected chi connectivity index (χ0v) is 12.9. The molecule has 0 aliphatic heterocycles. The molecule has 0 amide bonds. The number of hydrogen-bond acceptors (Lipinski definition) is 4. The van der Waals surface area contributed by atoms with Gasteiger partial charge in [-0.05, 0) is 23.8 Å². The smallest absolute Gasteiger partial charge is 0.149 e. The number of nitrogens with zero attached hydrogens (tertiary/aromatic N) is 4. The average Bonchev–Trinajstić information content (AvgIpc) is 3.07. The summed E-state index contributed by atoms with van der Waals surface area (Å²) in [4.78, 5) is 13.3. The van der Waals surface area contributed by atoms with Crippen molar-refractivity contribution in [3.8, 4) is 11.4 Å². The molecular weight excluding hydrogens is 298 g/mol. The van der Waals surface area contributed by atoms with Crippen LogP contribution in [-0.4, -0.2) is 19.4 Å². The number of pyridine rings is 1. The molecule has 0 saturated heterocycles. The van der Waals surface area contributed by atoms with Crippen LogP contribution >= 0.6 is 0 Å². The van der Waals surface area contributed by atoms with Crippen LogP contribution in [0.1, 0.15) is 5.56 Å². The summed E-state index contributed by atoms with van der Waals surface area (Å²) in [6, 6.07) is 16.0. The summed E-state index contributed by atoms with van der Waals surface area (Å²) < 4.78 is 1.99. The third-order valence-electron chi connectivity index (χ3n) is 3.62. The molecule has 0 fully saturated rings. The molecular formula is C19H15N5. The Morgan fingerprint density at radius 2 is 1.79 bits per heavy atom. The second kappa shape index (κ2) is 6.34. The van der Waals surface area contributed by atoms with Gasteiger partial charge >= 0.3 is 0 Å². The van der Waals surface area contributed by atoms with Gasteiger partial charge in [0.15, 0.2) is 0 Å². The topological polar surface area (TPSA) is 55.1 Å². The molecule has 0 unspecified atom stereocenters. The van der Waals surface area contributed by atoms with Gasteiger partial charge in [0.2, 0.25) is 0 Å². The molecule has 4 rings (SSSR count). The number of nitrogens with one attached hydrogen (secondary N) is 1. The van der Waals surface area contributed by atoms with Crippen molar-refractivity contribution in [1.82, 2.24) is 19.4 Å². The lowest BCUT2D eigenvalue weighted by Crippen LogP contribution is -1.96. The van der Waals surface area contributed by atoms with Crippen molar-refractivity contribution in [3.63, 3.8) is 0 Å². The Balaban J connectivity index is 1.59. The second-order valence-corrected chi connectivity index (χ2v) is 5.25. The van der Waals surface area contributed by atoms with Gasteiger partial charge in [-0.2, -0.15) is 0 Å². The van der Waals surface area contributed by atoms with Crippen LogP contribution in [0.2, 0.25) is 0 Å². The van der Waals surface area contributed by atoms with E-state index in [2.05, 4.69) is 20.3 Å². The van der Waals surface area contributed by atoms with Crippen LogP contribution in [-0.2, 0) is 0 Å². The first-order valence-corrected chi connectivity index (χ1v) is 7.63. The number of anilines is 1. The van der Waals surface area contributed by atoms with E-state index in [1.165, 1.54) is 0 Å². The van der Waals surface area contributed by atoms with E-state index in [1.54, 1.807) is 12.4 Å². The Morgan fingerprint density at radius 3 is 2.71 bits per heavy atom. The number of benzene rings is 1. The molecule has 5 nitrogen and oxygen atoms in total. The molecule has 0 bridgehead atoms. The highest BCUT2D eigenvalue weighted by Gasteiger charge is 2.07. The van der Waals surface area contributed by atoms with Crippen molar-refractivity contribution in [2.75, 3.05) is 5.32 Å². The molecule has 1 aromatic carbocycles. The van der Waals surface area contributed by atoms with Crippen molar-refractivity contribution in [3.05, 3.63) is 85.1 Å². The first-order chi connectivity index (χ1) is 11.9. The van der Waals surface area contributed by atoms with Crippen molar-refractivity contribution < 1.29 is 0 Å². The van der Waals surface area contributed by atoms with Gasteiger partial charge in [0, 0.05) is 12.4 Å². The van der Waals surface area contributed by atoms with E-state index in [4.69, 9.17) is 0 Å². The van der Waals surface area contributed by atoms with Gasteiger partial charge in [-0.15, -0.1) is 0 Å². The average molecular weight is 313 g/mol. The third kappa shape index (κ3) is 2.87. The van der Waals surface area contributed by atoms with Crippen molar-refractivity contribution in [2.45, 2.75) is 0 Å².